The summed E-state index contributed by atoms with van der Waals surface area (Å²) in [5.41, 5.74) is 1.05. The minimum atomic E-state index is 0.202. The quantitative estimate of drug-likeness (QED) is 0.541. The van der Waals surface area contributed by atoms with E-state index in [0.717, 1.165) is 18.7 Å². The minimum absolute atomic E-state index is 0.202. The number of ether oxygens (including phenoxy) is 2. The van der Waals surface area contributed by atoms with Crippen molar-refractivity contribution in [3.05, 3.63) is 36.6 Å². The van der Waals surface area contributed by atoms with Crippen LogP contribution in [0.15, 0.2) is 36.6 Å². The van der Waals surface area contributed by atoms with Gasteiger partial charge in [-0.2, -0.15) is 0 Å². The van der Waals surface area contributed by atoms with Crippen LogP contribution in [0.5, 0.6) is 0 Å². The van der Waals surface area contributed by atoms with Crippen molar-refractivity contribution in [2.24, 2.45) is 0 Å². The molecule has 0 aromatic carbocycles. The van der Waals surface area contributed by atoms with Crippen molar-refractivity contribution >= 4 is 0 Å². The van der Waals surface area contributed by atoms with Gasteiger partial charge in [0.1, 0.15) is 5.76 Å². The Hall–Kier alpha value is -1.06. The Morgan fingerprint density at radius 3 is 2.93 bits per heavy atom. The Morgan fingerprint density at radius 1 is 1.64 bits per heavy atom. The molecule has 0 amide bonds. The summed E-state index contributed by atoms with van der Waals surface area (Å²) in [6.45, 7) is 9.82. The molecule has 1 heterocycles. The first-order valence-electron chi connectivity index (χ1n) is 4.66. The maximum absolute atomic E-state index is 5.36. The number of allylic oxidation sites excluding steroid dienone is 1. The molecule has 0 spiro atoms. The van der Waals surface area contributed by atoms with E-state index in [2.05, 4.69) is 18.5 Å². The molecule has 3 nitrogen and oxygen atoms in total. The maximum atomic E-state index is 5.36. The maximum Gasteiger partial charge on any atom is 0.112 e. The van der Waals surface area contributed by atoms with Gasteiger partial charge in [-0.05, 0) is 11.6 Å². The summed E-state index contributed by atoms with van der Waals surface area (Å²) in [5.74, 6) is 0.632. The Morgan fingerprint density at radius 2 is 2.43 bits per heavy atom. The number of rotatable bonds is 4. The minimum Gasteiger partial charge on any atom is -0.497 e. The van der Waals surface area contributed by atoms with E-state index < -0.39 is 0 Å². The predicted molar refractivity (Wildman–Crippen MR) is 57.0 cm³/mol. The molecule has 1 fully saturated rings. The molecule has 14 heavy (non-hydrogen) atoms. The van der Waals surface area contributed by atoms with E-state index in [9.17, 15) is 0 Å². The van der Waals surface area contributed by atoms with E-state index >= 15 is 0 Å². The van der Waals surface area contributed by atoms with E-state index in [0.29, 0.717) is 12.4 Å². The molecule has 1 aliphatic rings. The van der Waals surface area contributed by atoms with Crippen LogP contribution in [0, 0.1) is 0 Å². The summed E-state index contributed by atoms with van der Waals surface area (Å²) in [7, 11) is 1.60. The topological polar surface area (TPSA) is 30.5 Å². The summed E-state index contributed by atoms with van der Waals surface area (Å²) >= 11 is 0. The Kier molecular flexibility index (Phi) is 4.43. The second kappa shape index (κ2) is 5.62. The third kappa shape index (κ3) is 3.01. The number of hydrogen-bond acceptors (Lipinski definition) is 3. The summed E-state index contributed by atoms with van der Waals surface area (Å²) in [5, 5.41) is 3.34. The summed E-state index contributed by atoms with van der Waals surface area (Å²) in [4.78, 5) is 0. The second-order valence-corrected chi connectivity index (χ2v) is 3.10. The molecule has 0 aliphatic carbocycles. The van der Waals surface area contributed by atoms with E-state index in [4.69, 9.17) is 9.47 Å². The molecule has 1 saturated heterocycles. The molecule has 0 aromatic heterocycles. The van der Waals surface area contributed by atoms with Crippen LogP contribution in [0.1, 0.15) is 0 Å². The Labute approximate surface area is 85.1 Å². The first-order valence-corrected chi connectivity index (χ1v) is 4.66. The van der Waals surface area contributed by atoms with Gasteiger partial charge in [-0.25, -0.2) is 0 Å². The van der Waals surface area contributed by atoms with Crippen molar-refractivity contribution in [3.63, 3.8) is 0 Å². The predicted octanol–water partition coefficient (Wildman–Crippen LogP) is 1.25. The van der Waals surface area contributed by atoms with Gasteiger partial charge >= 0.3 is 0 Å². The van der Waals surface area contributed by atoms with Gasteiger partial charge in [0.25, 0.3) is 0 Å². The van der Waals surface area contributed by atoms with Gasteiger partial charge in [0, 0.05) is 6.54 Å². The van der Waals surface area contributed by atoms with Gasteiger partial charge in [0.15, 0.2) is 0 Å². The van der Waals surface area contributed by atoms with Gasteiger partial charge < -0.3 is 14.8 Å². The van der Waals surface area contributed by atoms with E-state index in [-0.39, 0.29) is 6.04 Å². The van der Waals surface area contributed by atoms with E-state index in [1.165, 1.54) is 0 Å². The van der Waals surface area contributed by atoms with Crippen LogP contribution in [0.2, 0.25) is 0 Å². The molecule has 0 radical (unpaired) electrons. The van der Waals surface area contributed by atoms with E-state index in [1.54, 1.807) is 13.2 Å². The van der Waals surface area contributed by atoms with Gasteiger partial charge in [0.05, 0.1) is 26.4 Å². The van der Waals surface area contributed by atoms with Crippen LogP contribution < -0.4 is 5.32 Å². The lowest BCUT2D eigenvalue weighted by Gasteiger charge is -2.24. The summed E-state index contributed by atoms with van der Waals surface area (Å²) in [6.07, 6.45) is 3.68. The zero-order chi connectivity index (χ0) is 10.4. The highest BCUT2D eigenvalue weighted by Crippen LogP contribution is 2.10. The van der Waals surface area contributed by atoms with Gasteiger partial charge in [-0.1, -0.05) is 19.2 Å². The number of nitrogens with one attached hydrogen (secondary N) is 1. The lowest BCUT2D eigenvalue weighted by Crippen LogP contribution is -2.42. The fraction of sp³-hybridized carbons (Fsp3) is 0.455. The molecule has 1 rings (SSSR count). The van der Waals surface area contributed by atoms with Crippen LogP contribution in [-0.4, -0.2) is 32.9 Å². The molecule has 1 aliphatic heterocycles. The second-order valence-electron chi connectivity index (χ2n) is 3.10. The molecular weight excluding hydrogens is 178 g/mol. The highest BCUT2D eigenvalue weighted by Gasteiger charge is 2.15. The van der Waals surface area contributed by atoms with Gasteiger partial charge in [-0.15, -0.1) is 0 Å². The van der Waals surface area contributed by atoms with Crippen LogP contribution in [0.25, 0.3) is 0 Å². The van der Waals surface area contributed by atoms with Crippen molar-refractivity contribution in [1.29, 1.82) is 0 Å². The zero-order valence-corrected chi connectivity index (χ0v) is 8.58. The lowest BCUT2D eigenvalue weighted by molar-refractivity contribution is 0.0878. The Bertz CT molecular complexity index is 240. The van der Waals surface area contributed by atoms with Crippen molar-refractivity contribution in [2.45, 2.75) is 6.04 Å². The van der Waals surface area contributed by atoms with Crippen molar-refractivity contribution in [3.8, 4) is 0 Å². The molecule has 3 heteroatoms. The highest BCUT2D eigenvalue weighted by atomic mass is 16.5. The molecule has 1 N–H and O–H groups in total. The van der Waals surface area contributed by atoms with Crippen molar-refractivity contribution < 1.29 is 9.47 Å². The first-order chi connectivity index (χ1) is 6.77. The number of hydrogen-bond donors (Lipinski definition) is 1. The largest absolute Gasteiger partial charge is 0.497 e. The molecule has 0 aromatic rings. The Balaban J connectivity index is 2.64. The van der Waals surface area contributed by atoms with Crippen molar-refractivity contribution in [2.75, 3.05) is 26.9 Å². The SMILES string of the molecule is C=C/C(=C\C(=C)OC)[C@H]1COCCN1. The van der Waals surface area contributed by atoms with Crippen LogP contribution >= 0.6 is 0 Å². The third-order valence-corrected chi connectivity index (χ3v) is 2.15. The van der Waals surface area contributed by atoms with Gasteiger partial charge in [0.2, 0.25) is 0 Å². The van der Waals surface area contributed by atoms with Crippen LogP contribution in [0.4, 0.5) is 0 Å². The normalized spacial score (nSPS) is 22.9. The monoisotopic (exact) mass is 195 g/mol. The molecule has 1 atom stereocenters. The molecule has 78 valence electrons. The fourth-order valence-corrected chi connectivity index (χ4v) is 1.33. The van der Waals surface area contributed by atoms with Crippen LogP contribution in [0.3, 0.4) is 0 Å². The molecule has 0 unspecified atom stereocenters. The smallest absolute Gasteiger partial charge is 0.112 e. The average Bonchev–Trinajstić information content (AvgIpc) is 2.26. The average molecular weight is 195 g/mol. The molecule has 0 saturated carbocycles. The summed E-state index contributed by atoms with van der Waals surface area (Å²) < 4.78 is 10.3. The van der Waals surface area contributed by atoms with Crippen molar-refractivity contribution in [1.82, 2.24) is 5.32 Å². The zero-order valence-electron chi connectivity index (χ0n) is 8.58. The lowest BCUT2D eigenvalue weighted by atomic mass is 10.1. The van der Waals surface area contributed by atoms with Gasteiger partial charge in [-0.3, -0.25) is 0 Å². The highest BCUT2D eigenvalue weighted by molar-refractivity contribution is 5.29. The van der Waals surface area contributed by atoms with Crippen LogP contribution in [-0.2, 0) is 9.47 Å². The summed E-state index contributed by atoms with van der Waals surface area (Å²) in [6, 6.07) is 0.202. The number of morpholine rings is 1. The molecule has 0 bridgehead atoms. The number of methoxy groups -OCH3 is 1. The van der Waals surface area contributed by atoms with E-state index in [1.807, 2.05) is 6.08 Å². The molecular formula is C11H17NO2. The third-order valence-electron chi connectivity index (χ3n) is 2.15. The standard InChI is InChI=1S/C11H17NO2/c1-4-10(7-9(2)13-3)11-8-14-6-5-12-11/h4,7,11-12H,1-2,5-6,8H2,3H3/b10-7+/t11-/m1/s1. The first kappa shape index (κ1) is 11.0. The fourth-order valence-electron chi connectivity index (χ4n) is 1.33.